The van der Waals surface area contributed by atoms with Crippen molar-refractivity contribution in [1.82, 2.24) is 15.1 Å². The SMILES string of the molecule is CN(C)CC(=O)Nc1cccc(CNC(=O)N2CCCN(c3ccccc3)CC2)c1. The van der Waals surface area contributed by atoms with Crippen molar-refractivity contribution in [3.63, 3.8) is 0 Å². The van der Waals surface area contributed by atoms with Gasteiger partial charge in [0, 0.05) is 44.1 Å². The quantitative estimate of drug-likeness (QED) is 0.770. The van der Waals surface area contributed by atoms with Gasteiger partial charge in [-0.1, -0.05) is 30.3 Å². The molecule has 1 heterocycles. The van der Waals surface area contributed by atoms with Gasteiger partial charge in [-0.2, -0.15) is 0 Å². The number of likely N-dealkylation sites (N-methyl/N-ethyl adjacent to an activating group) is 1. The van der Waals surface area contributed by atoms with E-state index in [2.05, 4.69) is 27.7 Å². The van der Waals surface area contributed by atoms with Gasteiger partial charge in [0.25, 0.3) is 0 Å². The van der Waals surface area contributed by atoms with E-state index in [1.807, 2.05) is 66.4 Å². The molecule has 0 unspecified atom stereocenters. The number of amides is 3. The number of benzene rings is 2. The summed E-state index contributed by atoms with van der Waals surface area (Å²) >= 11 is 0. The van der Waals surface area contributed by atoms with Gasteiger partial charge in [0.2, 0.25) is 5.91 Å². The van der Waals surface area contributed by atoms with E-state index in [1.54, 1.807) is 0 Å². The summed E-state index contributed by atoms with van der Waals surface area (Å²) in [5.74, 6) is -0.0614. The lowest BCUT2D eigenvalue weighted by molar-refractivity contribution is -0.116. The smallest absolute Gasteiger partial charge is 0.317 e. The summed E-state index contributed by atoms with van der Waals surface area (Å²) in [4.78, 5) is 30.6. The maximum Gasteiger partial charge on any atom is 0.317 e. The fourth-order valence-electron chi connectivity index (χ4n) is 3.55. The molecule has 0 aromatic heterocycles. The van der Waals surface area contributed by atoms with E-state index in [0.29, 0.717) is 19.6 Å². The highest BCUT2D eigenvalue weighted by atomic mass is 16.2. The molecule has 0 saturated carbocycles. The first-order valence-electron chi connectivity index (χ1n) is 10.4. The van der Waals surface area contributed by atoms with Crippen LogP contribution < -0.4 is 15.5 Å². The molecule has 30 heavy (non-hydrogen) atoms. The Kier molecular flexibility index (Phi) is 7.68. The lowest BCUT2D eigenvalue weighted by Crippen LogP contribution is -2.41. The van der Waals surface area contributed by atoms with Gasteiger partial charge >= 0.3 is 6.03 Å². The molecule has 1 aliphatic rings. The molecule has 1 aliphatic heterocycles. The summed E-state index contributed by atoms with van der Waals surface area (Å²) in [5, 5.41) is 5.90. The number of para-hydroxylation sites is 1. The minimum atomic E-state index is -0.0614. The average Bonchev–Trinajstić information content (AvgIpc) is 2.99. The second kappa shape index (κ2) is 10.6. The van der Waals surface area contributed by atoms with Crippen LogP contribution in [0.15, 0.2) is 54.6 Å². The third-order valence-electron chi connectivity index (χ3n) is 5.02. The summed E-state index contributed by atoms with van der Waals surface area (Å²) in [5.41, 5.74) is 2.89. The molecule has 3 rings (SSSR count). The molecule has 1 fully saturated rings. The zero-order chi connectivity index (χ0) is 21.3. The first-order valence-corrected chi connectivity index (χ1v) is 10.4. The Morgan fingerprint density at radius 2 is 1.77 bits per heavy atom. The Morgan fingerprint density at radius 1 is 0.967 bits per heavy atom. The molecule has 160 valence electrons. The molecule has 0 bridgehead atoms. The zero-order valence-electron chi connectivity index (χ0n) is 17.8. The molecule has 3 amide bonds. The number of carbonyl (C=O) groups excluding carboxylic acids is 2. The van der Waals surface area contributed by atoms with Gasteiger partial charge < -0.3 is 25.3 Å². The third-order valence-corrected chi connectivity index (χ3v) is 5.02. The summed E-state index contributed by atoms with van der Waals surface area (Å²) in [6.45, 7) is 3.97. The standard InChI is InChI=1S/C23H31N5O2/c1-26(2)18-22(29)25-20-9-6-8-19(16-20)17-24-23(30)28-13-7-12-27(14-15-28)21-10-4-3-5-11-21/h3-6,8-11,16H,7,12-15,17-18H2,1-2H3,(H,24,30)(H,25,29). The summed E-state index contributed by atoms with van der Waals surface area (Å²) in [6.07, 6.45) is 0.940. The number of nitrogens with one attached hydrogen (secondary N) is 2. The summed E-state index contributed by atoms with van der Waals surface area (Å²) in [7, 11) is 3.71. The molecule has 0 radical (unpaired) electrons. The highest BCUT2D eigenvalue weighted by Crippen LogP contribution is 2.16. The van der Waals surface area contributed by atoms with Gasteiger partial charge in [-0.25, -0.2) is 4.79 Å². The molecular weight excluding hydrogens is 378 g/mol. The van der Waals surface area contributed by atoms with Gasteiger partial charge in [-0.15, -0.1) is 0 Å². The van der Waals surface area contributed by atoms with Crippen LogP contribution in [0.1, 0.15) is 12.0 Å². The Labute approximate surface area is 178 Å². The highest BCUT2D eigenvalue weighted by molar-refractivity contribution is 5.92. The molecule has 2 aromatic carbocycles. The van der Waals surface area contributed by atoms with Crippen LogP contribution in [0.5, 0.6) is 0 Å². The minimum absolute atomic E-state index is 0.0491. The molecule has 7 nitrogen and oxygen atoms in total. The van der Waals surface area contributed by atoms with Crippen LogP contribution in [-0.4, -0.2) is 68.6 Å². The number of hydrogen-bond acceptors (Lipinski definition) is 4. The average molecular weight is 410 g/mol. The lowest BCUT2D eigenvalue weighted by atomic mass is 10.2. The van der Waals surface area contributed by atoms with Crippen molar-refractivity contribution in [2.24, 2.45) is 0 Å². The number of hydrogen-bond donors (Lipinski definition) is 2. The zero-order valence-corrected chi connectivity index (χ0v) is 17.8. The largest absolute Gasteiger partial charge is 0.370 e. The van der Waals surface area contributed by atoms with Crippen molar-refractivity contribution in [3.8, 4) is 0 Å². The highest BCUT2D eigenvalue weighted by Gasteiger charge is 2.19. The van der Waals surface area contributed by atoms with E-state index in [-0.39, 0.29) is 11.9 Å². The molecule has 0 aliphatic carbocycles. The fourth-order valence-corrected chi connectivity index (χ4v) is 3.55. The van der Waals surface area contributed by atoms with Crippen LogP contribution >= 0.6 is 0 Å². The topological polar surface area (TPSA) is 67.9 Å². The van der Waals surface area contributed by atoms with E-state index in [1.165, 1.54) is 5.69 Å². The Bertz CT molecular complexity index is 840. The Balaban J connectivity index is 1.49. The predicted octanol–water partition coefficient (Wildman–Crippen LogP) is 2.61. The van der Waals surface area contributed by atoms with Gasteiger partial charge in [0.15, 0.2) is 0 Å². The number of urea groups is 1. The van der Waals surface area contributed by atoms with Crippen molar-refractivity contribution in [3.05, 3.63) is 60.2 Å². The lowest BCUT2D eigenvalue weighted by Gasteiger charge is -2.24. The van der Waals surface area contributed by atoms with Crippen LogP contribution in [0.3, 0.4) is 0 Å². The third kappa shape index (κ3) is 6.49. The molecule has 2 N–H and O–H groups in total. The van der Waals surface area contributed by atoms with E-state index in [9.17, 15) is 9.59 Å². The maximum atomic E-state index is 12.7. The molecule has 2 aromatic rings. The van der Waals surface area contributed by atoms with E-state index < -0.39 is 0 Å². The van der Waals surface area contributed by atoms with Crippen LogP contribution in [0, 0.1) is 0 Å². The second-order valence-electron chi connectivity index (χ2n) is 7.81. The van der Waals surface area contributed by atoms with Crippen molar-refractivity contribution in [1.29, 1.82) is 0 Å². The molecule has 7 heteroatoms. The first-order chi connectivity index (χ1) is 14.5. The number of rotatable bonds is 6. The van der Waals surface area contributed by atoms with Crippen LogP contribution in [0.2, 0.25) is 0 Å². The van der Waals surface area contributed by atoms with E-state index in [0.717, 1.165) is 37.3 Å². The van der Waals surface area contributed by atoms with Crippen LogP contribution in [0.25, 0.3) is 0 Å². The number of nitrogens with zero attached hydrogens (tertiary/aromatic N) is 3. The normalized spacial score (nSPS) is 14.4. The Hall–Kier alpha value is -3.06. The van der Waals surface area contributed by atoms with Gasteiger partial charge in [0.05, 0.1) is 6.54 Å². The minimum Gasteiger partial charge on any atom is -0.370 e. The van der Waals surface area contributed by atoms with Crippen LogP contribution in [0.4, 0.5) is 16.2 Å². The monoisotopic (exact) mass is 409 g/mol. The van der Waals surface area contributed by atoms with Gasteiger partial charge in [-0.05, 0) is 50.3 Å². The maximum absolute atomic E-state index is 12.7. The number of anilines is 2. The van der Waals surface area contributed by atoms with Crippen molar-refractivity contribution in [2.75, 3.05) is 57.0 Å². The molecule has 0 spiro atoms. The predicted molar refractivity (Wildman–Crippen MR) is 121 cm³/mol. The van der Waals surface area contributed by atoms with E-state index >= 15 is 0 Å². The van der Waals surface area contributed by atoms with Crippen LogP contribution in [-0.2, 0) is 11.3 Å². The van der Waals surface area contributed by atoms with Crippen molar-refractivity contribution in [2.45, 2.75) is 13.0 Å². The number of carbonyl (C=O) groups is 2. The molecule has 1 saturated heterocycles. The summed E-state index contributed by atoms with van der Waals surface area (Å²) in [6, 6.07) is 17.9. The van der Waals surface area contributed by atoms with Gasteiger partial charge in [0.1, 0.15) is 0 Å². The fraction of sp³-hybridized carbons (Fsp3) is 0.391. The molecule has 0 atom stereocenters. The summed E-state index contributed by atoms with van der Waals surface area (Å²) < 4.78 is 0. The second-order valence-corrected chi connectivity index (χ2v) is 7.81. The van der Waals surface area contributed by atoms with E-state index in [4.69, 9.17) is 0 Å². The van der Waals surface area contributed by atoms with Crippen molar-refractivity contribution < 1.29 is 9.59 Å². The Morgan fingerprint density at radius 3 is 2.53 bits per heavy atom. The first kappa shape index (κ1) is 21.6. The molecular formula is C23H31N5O2. The van der Waals surface area contributed by atoms with Crippen molar-refractivity contribution >= 4 is 23.3 Å². The van der Waals surface area contributed by atoms with Gasteiger partial charge in [-0.3, -0.25) is 4.79 Å².